The van der Waals surface area contributed by atoms with Gasteiger partial charge in [-0.05, 0) is 60.7 Å². The Bertz CT molecular complexity index is 1440. The number of sulfone groups is 1. The quantitative estimate of drug-likeness (QED) is 0.443. The van der Waals surface area contributed by atoms with Gasteiger partial charge in [-0.15, -0.1) is 0 Å². The van der Waals surface area contributed by atoms with Crippen LogP contribution < -0.4 is 0 Å². The first-order valence-electron chi connectivity index (χ1n) is 8.26. The number of rotatable bonds is 5. The van der Waals surface area contributed by atoms with Crippen LogP contribution in [0.1, 0.15) is 11.3 Å². The maximum Gasteiger partial charge on any atom is 0.268 e. The van der Waals surface area contributed by atoms with Crippen LogP contribution in [0.3, 0.4) is 0 Å². The molecule has 0 aliphatic heterocycles. The Labute approximate surface area is 172 Å². The molecule has 3 aromatic rings. The molecule has 0 bridgehead atoms. The lowest BCUT2D eigenvalue weighted by Crippen LogP contribution is -2.14. The Balaban J connectivity index is 2.11. The normalized spacial score (nSPS) is 12.2. The van der Waals surface area contributed by atoms with Crippen LogP contribution in [0.15, 0.2) is 81.6 Å². The maximum atomic E-state index is 13.1. The molecule has 30 heavy (non-hydrogen) atoms. The molecule has 0 aliphatic carbocycles. The van der Waals surface area contributed by atoms with Crippen LogP contribution in [0.4, 0.5) is 4.39 Å². The number of nitrogens with zero attached hydrogens (tertiary/aromatic N) is 3. The lowest BCUT2D eigenvalue weighted by atomic mass is 10.2. The van der Waals surface area contributed by atoms with E-state index in [1.165, 1.54) is 42.6 Å². The first kappa shape index (κ1) is 21.0. The monoisotopic (exact) mass is 441 g/mol. The van der Waals surface area contributed by atoms with Crippen molar-refractivity contribution >= 4 is 25.9 Å². The summed E-state index contributed by atoms with van der Waals surface area (Å²) in [4.78, 5) is -1.19. The van der Waals surface area contributed by atoms with Crippen LogP contribution >= 0.6 is 0 Å². The van der Waals surface area contributed by atoms with Crippen LogP contribution in [0.2, 0.25) is 0 Å². The highest BCUT2D eigenvalue weighted by molar-refractivity contribution is 7.95. The van der Waals surface area contributed by atoms with Crippen molar-refractivity contribution < 1.29 is 21.2 Å². The molecule has 0 amide bonds. The van der Waals surface area contributed by atoms with Gasteiger partial charge in [-0.25, -0.2) is 25.2 Å². The van der Waals surface area contributed by atoms with Crippen LogP contribution in [0.5, 0.6) is 0 Å². The van der Waals surface area contributed by atoms with Gasteiger partial charge in [-0.2, -0.15) is 10.5 Å². The van der Waals surface area contributed by atoms with E-state index in [9.17, 15) is 26.5 Å². The molecule has 150 valence electrons. The van der Waals surface area contributed by atoms with Crippen LogP contribution in [-0.4, -0.2) is 20.8 Å². The summed E-state index contributed by atoms with van der Waals surface area (Å²) in [6.45, 7) is 0. The molecule has 7 nitrogen and oxygen atoms in total. The number of benzene rings is 2. The van der Waals surface area contributed by atoms with Gasteiger partial charge in [0.2, 0.25) is 9.84 Å². The number of hydrogen-bond acceptors (Lipinski definition) is 6. The number of aromatic nitrogens is 1. The molecule has 0 fully saturated rings. The molecule has 1 aromatic heterocycles. The van der Waals surface area contributed by atoms with Crippen molar-refractivity contribution in [2.75, 3.05) is 0 Å². The van der Waals surface area contributed by atoms with Gasteiger partial charge < -0.3 is 0 Å². The fourth-order valence-electron chi connectivity index (χ4n) is 2.59. The second-order valence-corrected chi connectivity index (χ2v) is 9.68. The van der Waals surface area contributed by atoms with E-state index >= 15 is 0 Å². The molecule has 0 unspecified atom stereocenters. The Morgan fingerprint density at radius 1 is 0.933 bits per heavy atom. The van der Waals surface area contributed by atoms with E-state index in [0.29, 0.717) is 0 Å². The van der Waals surface area contributed by atoms with E-state index in [1.807, 2.05) is 6.07 Å². The lowest BCUT2D eigenvalue weighted by Gasteiger charge is -2.09. The van der Waals surface area contributed by atoms with Crippen molar-refractivity contribution in [2.24, 2.45) is 0 Å². The van der Waals surface area contributed by atoms with E-state index in [1.54, 1.807) is 6.07 Å². The third-order valence-corrected chi connectivity index (χ3v) is 7.45. The van der Waals surface area contributed by atoms with Gasteiger partial charge in [0.15, 0.2) is 4.91 Å². The lowest BCUT2D eigenvalue weighted by molar-refractivity contribution is 0.586. The predicted octanol–water partition coefficient (Wildman–Crippen LogP) is 3.07. The van der Waals surface area contributed by atoms with Gasteiger partial charge in [-0.3, -0.25) is 0 Å². The van der Waals surface area contributed by atoms with Crippen molar-refractivity contribution in [3.8, 4) is 12.1 Å². The molecule has 0 atom stereocenters. The molecule has 3 rings (SSSR count). The van der Waals surface area contributed by atoms with Gasteiger partial charge in [0.1, 0.15) is 11.9 Å². The molecule has 0 saturated carbocycles. The minimum Gasteiger partial charge on any atom is -0.242 e. The zero-order chi connectivity index (χ0) is 21.9. The summed E-state index contributed by atoms with van der Waals surface area (Å²) in [5.74, 6) is -0.643. The van der Waals surface area contributed by atoms with Gasteiger partial charge in [0.05, 0.1) is 27.1 Å². The molecular formula is C20H12FN3O4S2. The minimum absolute atomic E-state index is 0.0837. The summed E-state index contributed by atoms with van der Waals surface area (Å²) >= 11 is 0. The van der Waals surface area contributed by atoms with Gasteiger partial charge in [0, 0.05) is 6.20 Å². The van der Waals surface area contributed by atoms with Crippen molar-refractivity contribution in [2.45, 2.75) is 9.79 Å². The zero-order valence-corrected chi connectivity index (χ0v) is 16.7. The van der Waals surface area contributed by atoms with Crippen LogP contribution in [-0.2, 0) is 19.9 Å². The van der Waals surface area contributed by atoms with Gasteiger partial charge in [0.25, 0.3) is 10.0 Å². The summed E-state index contributed by atoms with van der Waals surface area (Å²) < 4.78 is 65.2. The second-order valence-electron chi connectivity index (χ2n) is 5.95. The first-order chi connectivity index (χ1) is 14.2. The highest BCUT2D eigenvalue weighted by Gasteiger charge is 2.24. The fourth-order valence-corrected chi connectivity index (χ4v) is 5.11. The zero-order valence-electron chi connectivity index (χ0n) is 15.1. The molecule has 1 heterocycles. The molecular weight excluding hydrogens is 429 g/mol. The summed E-state index contributed by atoms with van der Waals surface area (Å²) in [5, 5.41) is 18.4. The van der Waals surface area contributed by atoms with Crippen molar-refractivity contribution in [3.63, 3.8) is 0 Å². The highest BCUT2D eigenvalue weighted by Crippen LogP contribution is 2.24. The summed E-state index contributed by atoms with van der Waals surface area (Å²) in [6.07, 6.45) is 2.12. The van der Waals surface area contributed by atoms with Crippen molar-refractivity contribution in [1.29, 1.82) is 10.5 Å². The molecule has 0 radical (unpaired) electrons. The molecule has 0 spiro atoms. The first-order valence-corrected chi connectivity index (χ1v) is 11.2. The van der Waals surface area contributed by atoms with Crippen molar-refractivity contribution in [3.05, 3.63) is 88.8 Å². The standard InChI is InChI=1S/C20H12FN3O4S2/c21-16-6-8-18(9-7-16)29(25,26)20(14-23)12-17-4-2-10-24(17)30(27,28)19-5-1-3-15(11-19)13-22/h1-12H/b20-12+. The number of halogens is 1. The van der Waals surface area contributed by atoms with E-state index in [-0.39, 0.29) is 21.0 Å². The predicted molar refractivity (Wildman–Crippen MR) is 105 cm³/mol. The SMILES string of the molecule is N#C/C(=C\c1cccn1S(=O)(=O)c1cccc(C#N)c1)S(=O)(=O)c1ccc(F)cc1. The average molecular weight is 441 g/mol. The Kier molecular flexibility index (Phi) is 5.56. The van der Waals surface area contributed by atoms with Gasteiger partial charge >= 0.3 is 0 Å². The summed E-state index contributed by atoms with van der Waals surface area (Å²) in [6, 6.07) is 15.3. The third-order valence-electron chi connectivity index (χ3n) is 4.07. The summed E-state index contributed by atoms with van der Waals surface area (Å²) in [5.41, 5.74) is 0.0523. The second kappa shape index (κ2) is 7.95. The van der Waals surface area contributed by atoms with E-state index in [4.69, 9.17) is 5.26 Å². The van der Waals surface area contributed by atoms with Crippen molar-refractivity contribution in [1.82, 2.24) is 3.97 Å². The third kappa shape index (κ3) is 3.87. The Hall–Kier alpha value is -3.73. The molecule has 0 N–H and O–H groups in total. The Morgan fingerprint density at radius 2 is 1.63 bits per heavy atom. The highest BCUT2D eigenvalue weighted by atomic mass is 32.2. The largest absolute Gasteiger partial charge is 0.268 e. The smallest absolute Gasteiger partial charge is 0.242 e. The van der Waals surface area contributed by atoms with E-state index < -0.39 is 30.6 Å². The average Bonchev–Trinajstić information content (AvgIpc) is 3.21. The topological polar surface area (TPSA) is 121 Å². The molecule has 2 aromatic carbocycles. The van der Waals surface area contributed by atoms with E-state index in [0.717, 1.165) is 34.3 Å². The van der Waals surface area contributed by atoms with Crippen LogP contribution in [0, 0.1) is 28.5 Å². The molecule has 0 aliphatic rings. The number of nitriles is 2. The number of hydrogen-bond donors (Lipinski definition) is 0. The number of allylic oxidation sites excluding steroid dienone is 1. The van der Waals surface area contributed by atoms with Crippen LogP contribution in [0.25, 0.3) is 6.08 Å². The maximum absolute atomic E-state index is 13.1. The van der Waals surface area contributed by atoms with E-state index in [2.05, 4.69) is 0 Å². The molecule has 10 heteroatoms. The minimum atomic E-state index is -4.30. The van der Waals surface area contributed by atoms with Gasteiger partial charge in [-0.1, -0.05) is 6.07 Å². The fraction of sp³-hybridized carbons (Fsp3) is 0. The Morgan fingerprint density at radius 3 is 2.27 bits per heavy atom. The summed E-state index contributed by atoms with van der Waals surface area (Å²) in [7, 11) is -8.46. The molecule has 0 saturated heterocycles.